The van der Waals surface area contributed by atoms with Gasteiger partial charge >= 0.3 is 0 Å². The van der Waals surface area contributed by atoms with E-state index in [0.29, 0.717) is 13.1 Å². The first kappa shape index (κ1) is 18.8. The Balaban J connectivity index is 1.91. The van der Waals surface area contributed by atoms with Gasteiger partial charge in [0.05, 0.1) is 6.54 Å². The molecule has 0 bridgehead atoms. The SMILES string of the molecule is CCN(CC(=O)NCc1ccc(F)cc1)S(=O)(=O)N1CCCCC1. The third-order valence-corrected chi connectivity index (χ3v) is 6.10. The van der Waals surface area contributed by atoms with E-state index < -0.39 is 10.2 Å². The number of nitrogens with one attached hydrogen (secondary N) is 1. The van der Waals surface area contributed by atoms with Gasteiger partial charge in [0.15, 0.2) is 0 Å². The smallest absolute Gasteiger partial charge is 0.282 e. The number of carbonyl (C=O) groups excluding carboxylic acids is 1. The molecule has 1 aromatic rings. The van der Waals surface area contributed by atoms with E-state index in [0.717, 1.165) is 24.8 Å². The summed E-state index contributed by atoms with van der Waals surface area (Å²) in [5.74, 6) is -0.711. The summed E-state index contributed by atoms with van der Waals surface area (Å²) in [5, 5.41) is 2.67. The Bertz CT molecular complexity index is 643. The molecule has 8 heteroatoms. The van der Waals surface area contributed by atoms with E-state index in [9.17, 15) is 17.6 Å². The number of nitrogens with zero attached hydrogens (tertiary/aromatic N) is 2. The van der Waals surface area contributed by atoms with Crippen LogP contribution in [0.15, 0.2) is 24.3 Å². The van der Waals surface area contributed by atoms with Gasteiger partial charge in [-0.2, -0.15) is 17.0 Å². The number of piperidine rings is 1. The van der Waals surface area contributed by atoms with E-state index in [2.05, 4.69) is 5.32 Å². The van der Waals surface area contributed by atoms with Gasteiger partial charge in [-0.3, -0.25) is 4.79 Å². The fourth-order valence-electron chi connectivity index (χ4n) is 2.63. The molecule has 0 radical (unpaired) electrons. The summed E-state index contributed by atoms with van der Waals surface area (Å²) in [6, 6.07) is 5.80. The molecule has 24 heavy (non-hydrogen) atoms. The van der Waals surface area contributed by atoms with Gasteiger partial charge in [-0.25, -0.2) is 4.39 Å². The first-order valence-electron chi connectivity index (χ1n) is 8.20. The van der Waals surface area contributed by atoms with Crippen molar-refractivity contribution in [3.8, 4) is 0 Å². The maximum atomic E-state index is 12.8. The first-order chi connectivity index (χ1) is 11.4. The van der Waals surface area contributed by atoms with Gasteiger partial charge in [-0.1, -0.05) is 25.5 Å². The van der Waals surface area contributed by atoms with Gasteiger partial charge in [0.2, 0.25) is 5.91 Å². The van der Waals surface area contributed by atoms with Crippen molar-refractivity contribution in [2.24, 2.45) is 0 Å². The summed E-state index contributed by atoms with van der Waals surface area (Å²) in [5.41, 5.74) is 0.756. The fourth-order valence-corrected chi connectivity index (χ4v) is 4.29. The van der Waals surface area contributed by atoms with Crippen LogP contribution in [0.3, 0.4) is 0 Å². The Morgan fingerprint density at radius 2 is 1.83 bits per heavy atom. The Morgan fingerprint density at radius 3 is 2.42 bits per heavy atom. The van der Waals surface area contributed by atoms with E-state index >= 15 is 0 Å². The molecule has 0 aromatic heterocycles. The molecular formula is C16H24FN3O3S. The van der Waals surface area contributed by atoms with Gasteiger partial charge in [0.25, 0.3) is 10.2 Å². The number of hydrogen-bond donors (Lipinski definition) is 1. The predicted octanol–water partition coefficient (Wildman–Crippen LogP) is 1.49. The molecule has 0 aliphatic carbocycles. The highest BCUT2D eigenvalue weighted by Gasteiger charge is 2.30. The van der Waals surface area contributed by atoms with Gasteiger partial charge in [-0.05, 0) is 30.5 Å². The minimum Gasteiger partial charge on any atom is -0.351 e. The van der Waals surface area contributed by atoms with Crippen molar-refractivity contribution in [1.29, 1.82) is 0 Å². The topological polar surface area (TPSA) is 69.7 Å². The molecular weight excluding hydrogens is 333 g/mol. The fraction of sp³-hybridized carbons (Fsp3) is 0.562. The molecule has 1 saturated heterocycles. The largest absolute Gasteiger partial charge is 0.351 e. The number of amides is 1. The number of rotatable bonds is 7. The second-order valence-electron chi connectivity index (χ2n) is 5.80. The summed E-state index contributed by atoms with van der Waals surface area (Å²) >= 11 is 0. The Kier molecular flexibility index (Phi) is 6.70. The third kappa shape index (κ3) is 4.99. The molecule has 0 unspecified atom stereocenters. The van der Waals surface area contributed by atoms with Crippen LogP contribution in [0.4, 0.5) is 4.39 Å². The zero-order valence-corrected chi connectivity index (χ0v) is 14.7. The Morgan fingerprint density at radius 1 is 1.21 bits per heavy atom. The standard InChI is InChI=1S/C16H24FN3O3S/c1-2-19(24(22,23)20-10-4-3-5-11-20)13-16(21)18-12-14-6-8-15(17)9-7-14/h6-9H,2-5,10-13H2,1H3,(H,18,21). The summed E-state index contributed by atoms with van der Waals surface area (Å²) < 4.78 is 40.7. The van der Waals surface area contributed by atoms with Crippen LogP contribution in [0, 0.1) is 5.82 Å². The summed E-state index contributed by atoms with van der Waals surface area (Å²) in [7, 11) is -3.60. The maximum Gasteiger partial charge on any atom is 0.282 e. The molecule has 2 rings (SSSR count). The highest BCUT2D eigenvalue weighted by Crippen LogP contribution is 2.16. The molecule has 1 aliphatic rings. The second-order valence-corrected chi connectivity index (χ2v) is 7.73. The molecule has 1 amide bonds. The van der Waals surface area contributed by atoms with Crippen LogP contribution < -0.4 is 5.32 Å². The van der Waals surface area contributed by atoms with Crippen LogP contribution in [0.2, 0.25) is 0 Å². The zero-order valence-electron chi connectivity index (χ0n) is 13.9. The molecule has 0 spiro atoms. The number of halogens is 1. The second kappa shape index (κ2) is 8.55. The molecule has 0 atom stereocenters. The highest BCUT2D eigenvalue weighted by atomic mass is 32.2. The maximum absolute atomic E-state index is 12.8. The molecule has 1 aliphatic heterocycles. The monoisotopic (exact) mass is 357 g/mol. The normalized spacial score (nSPS) is 16.3. The van der Waals surface area contributed by atoms with Crippen LogP contribution in [0.1, 0.15) is 31.7 Å². The van der Waals surface area contributed by atoms with Crippen molar-refractivity contribution in [3.05, 3.63) is 35.6 Å². The van der Waals surface area contributed by atoms with Crippen molar-refractivity contribution in [2.45, 2.75) is 32.7 Å². The average Bonchev–Trinajstić information content (AvgIpc) is 2.59. The number of carbonyl (C=O) groups is 1. The lowest BCUT2D eigenvalue weighted by atomic mass is 10.2. The lowest BCUT2D eigenvalue weighted by molar-refractivity contribution is -0.121. The van der Waals surface area contributed by atoms with Crippen LogP contribution >= 0.6 is 0 Å². The van der Waals surface area contributed by atoms with Gasteiger partial charge in [-0.15, -0.1) is 0 Å². The van der Waals surface area contributed by atoms with E-state index in [1.54, 1.807) is 19.1 Å². The lowest BCUT2D eigenvalue weighted by Gasteiger charge is -2.31. The van der Waals surface area contributed by atoms with Gasteiger partial charge < -0.3 is 5.32 Å². The number of likely N-dealkylation sites (N-methyl/N-ethyl adjacent to an activating group) is 1. The van der Waals surface area contributed by atoms with E-state index in [1.165, 1.54) is 20.7 Å². The zero-order chi connectivity index (χ0) is 17.6. The molecule has 6 nitrogen and oxygen atoms in total. The Hall–Kier alpha value is -1.51. The van der Waals surface area contributed by atoms with Crippen LogP contribution in [-0.4, -0.2) is 49.1 Å². The van der Waals surface area contributed by atoms with Crippen LogP contribution in [0.5, 0.6) is 0 Å². The average molecular weight is 357 g/mol. The minimum atomic E-state index is -3.60. The quantitative estimate of drug-likeness (QED) is 0.804. The van der Waals surface area contributed by atoms with Crippen LogP contribution in [-0.2, 0) is 21.5 Å². The van der Waals surface area contributed by atoms with Crippen LogP contribution in [0.25, 0.3) is 0 Å². The highest BCUT2D eigenvalue weighted by molar-refractivity contribution is 7.86. The number of hydrogen-bond acceptors (Lipinski definition) is 3. The number of benzene rings is 1. The molecule has 1 fully saturated rings. The van der Waals surface area contributed by atoms with Crippen molar-refractivity contribution < 1.29 is 17.6 Å². The Labute approximate surface area is 142 Å². The first-order valence-corrected chi connectivity index (χ1v) is 9.59. The van der Waals surface area contributed by atoms with Gasteiger partial charge in [0, 0.05) is 26.2 Å². The van der Waals surface area contributed by atoms with Crippen molar-refractivity contribution in [1.82, 2.24) is 13.9 Å². The van der Waals surface area contributed by atoms with Crippen molar-refractivity contribution in [2.75, 3.05) is 26.2 Å². The molecule has 1 heterocycles. The molecule has 134 valence electrons. The minimum absolute atomic E-state index is 0.212. The lowest BCUT2D eigenvalue weighted by Crippen LogP contribution is -2.49. The van der Waals surface area contributed by atoms with Gasteiger partial charge in [0.1, 0.15) is 5.82 Å². The summed E-state index contributed by atoms with van der Waals surface area (Å²) in [6.45, 7) is 3.00. The van der Waals surface area contributed by atoms with E-state index in [1.807, 2.05) is 0 Å². The molecule has 1 aromatic carbocycles. The van der Waals surface area contributed by atoms with E-state index in [4.69, 9.17) is 0 Å². The summed E-state index contributed by atoms with van der Waals surface area (Å²) in [6.07, 6.45) is 2.75. The predicted molar refractivity (Wildman–Crippen MR) is 89.8 cm³/mol. The van der Waals surface area contributed by atoms with Crippen molar-refractivity contribution in [3.63, 3.8) is 0 Å². The van der Waals surface area contributed by atoms with E-state index in [-0.39, 0.29) is 31.4 Å². The molecule has 0 saturated carbocycles. The third-order valence-electron chi connectivity index (χ3n) is 4.04. The van der Waals surface area contributed by atoms with Crippen molar-refractivity contribution >= 4 is 16.1 Å². The summed E-state index contributed by atoms with van der Waals surface area (Å²) in [4.78, 5) is 12.1. The molecule has 1 N–H and O–H groups in total.